The van der Waals surface area contributed by atoms with Gasteiger partial charge in [-0.2, -0.15) is 0 Å². The Morgan fingerprint density at radius 3 is 2.36 bits per heavy atom. The monoisotopic (exact) mass is 296 g/mol. The van der Waals surface area contributed by atoms with Crippen LogP contribution in [0.2, 0.25) is 0 Å². The van der Waals surface area contributed by atoms with Crippen LogP contribution in [-0.2, 0) is 16.1 Å². The fourth-order valence-electron chi connectivity index (χ4n) is 3.04. The van der Waals surface area contributed by atoms with E-state index < -0.39 is 12.1 Å². The van der Waals surface area contributed by atoms with Gasteiger partial charge in [0.1, 0.15) is 12.1 Å². The molecule has 22 heavy (non-hydrogen) atoms. The molecule has 4 nitrogen and oxygen atoms in total. The molecule has 1 fully saturated rings. The SMILES string of the molecule is C[C@H]1C(=O)N(Cc2cccc3ccccc23)[C@@H](C)C(=O)N1C. The highest BCUT2D eigenvalue weighted by Crippen LogP contribution is 2.24. The van der Waals surface area contributed by atoms with Gasteiger partial charge in [-0.1, -0.05) is 42.5 Å². The first-order valence-electron chi connectivity index (χ1n) is 7.54. The number of likely N-dealkylation sites (N-methyl/N-ethyl adjacent to an activating group) is 1. The minimum atomic E-state index is -0.423. The number of nitrogens with zero attached hydrogens (tertiary/aromatic N) is 2. The summed E-state index contributed by atoms with van der Waals surface area (Å²) >= 11 is 0. The van der Waals surface area contributed by atoms with E-state index in [2.05, 4.69) is 18.2 Å². The Labute approximate surface area is 130 Å². The van der Waals surface area contributed by atoms with Gasteiger partial charge in [0.15, 0.2) is 0 Å². The number of rotatable bonds is 2. The zero-order chi connectivity index (χ0) is 15.9. The van der Waals surface area contributed by atoms with Crippen molar-refractivity contribution in [2.24, 2.45) is 0 Å². The van der Waals surface area contributed by atoms with Gasteiger partial charge in [-0.3, -0.25) is 9.59 Å². The van der Waals surface area contributed by atoms with Crippen LogP contribution in [0.4, 0.5) is 0 Å². The molecule has 0 saturated carbocycles. The fraction of sp³-hybridized carbons (Fsp3) is 0.333. The molecule has 3 rings (SSSR count). The molecular formula is C18H20N2O2. The number of fused-ring (bicyclic) bond motifs is 1. The quantitative estimate of drug-likeness (QED) is 0.854. The molecule has 0 radical (unpaired) electrons. The second-order valence-corrected chi connectivity index (χ2v) is 5.91. The number of piperazine rings is 1. The standard InChI is InChI=1S/C18H20N2O2/c1-12-18(22)20(13(2)17(21)19(12)3)11-15-9-6-8-14-7-4-5-10-16(14)15/h4-10,12-13H,11H2,1-3H3/t12-,13-/m0/s1. The zero-order valence-corrected chi connectivity index (χ0v) is 13.1. The van der Waals surface area contributed by atoms with Crippen LogP contribution in [0.5, 0.6) is 0 Å². The smallest absolute Gasteiger partial charge is 0.246 e. The average molecular weight is 296 g/mol. The van der Waals surface area contributed by atoms with Crippen molar-refractivity contribution in [3.05, 3.63) is 48.0 Å². The van der Waals surface area contributed by atoms with Crippen LogP contribution in [0.15, 0.2) is 42.5 Å². The molecule has 1 saturated heterocycles. The lowest BCUT2D eigenvalue weighted by molar-refractivity contribution is -0.159. The molecule has 2 atom stereocenters. The van der Waals surface area contributed by atoms with Gasteiger partial charge < -0.3 is 9.80 Å². The first-order valence-corrected chi connectivity index (χ1v) is 7.54. The molecule has 4 heteroatoms. The molecular weight excluding hydrogens is 276 g/mol. The number of benzene rings is 2. The molecule has 2 aromatic rings. The third kappa shape index (κ3) is 2.25. The third-order valence-electron chi connectivity index (χ3n) is 4.61. The summed E-state index contributed by atoms with van der Waals surface area (Å²) in [5.74, 6) is -0.00475. The van der Waals surface area contributed by atoms with E-state index in [1.807, 2.05) is 24.3 Å². The van der Waals surface area contributed by atoms with E-state index in [1.54, 1.807) is 25.8 Å². The molecule has 114 valence electrons. The second-order valence-electron chi connectivity index (χ2n) is 5.91. The van der Waals surface area contributed by atoms with Crippen LogP contribution in [0.3, 0.4) is 0 Å². The summed E-state index contributed by atoms with van der Waals surface area (Å²) in [6.07, 6.45) is 0. The third-order valence-corrected chi connectivity index (χ3v) is 4.61. The Kier molecular flexibility index (Phi) is 3.61. The van der Waals surface area contributed by atoms with Crippen molar-refractivity contribution < 1.29 is 9.59 Å². The van der Waals surface area contributed by atoms with Crippen molar-refractivity contribution in [1.29, 1.82) is 0 Å². The normalized spacial score (nSPS) is 22.5. The molecule has 0 bridgehead atoms. The van der Waals surface area contributed by atoms with E-state index in [9.17, 15) is 9.59 Å². The number of carbonyl (C=O) groups excluding carboxylic acids is 2. The Hall–Kier alpha value is -2.36. The minimum absolute atomic E-state index is 0.00235. The first kappa shape index (κ1) is 14.6. The molecule has 0 spiro atoms. The van der Waals surface area contributed by atoms with Gasteiger partial charge in [0.05, 0.1) is 0 Å². The summed E-state index contributed by atoms with van der Waals surface area (Å²) in [4.78, 5) is 28.1. The Morgan fingerprint density at radius 2 is 1.59 bits per heavy atom. The highest BCUT2D eigenvalue weighted by Gasteiger charge is 2.39. The first-order chi connectivity index (χ1) is 10.5. The minimum Gasteiger partial charge on any atom is -0.332 e. The maximum atomic E-state index is 12.6. The maximum absolute atomic E-state index is 12.6. The van der Waals surface area contributed by atoms with Gasteiger partial charge in [0, 0.05) is 13.6 Å². The lowest BCUT2D eigenvalue weighted by atomic mass is 10.0. The van der Waals surface area contributed by atoms with Crippen molar-refractivity contribution in [2.45, 2.75) is 32.5 Å². The Balaban J connectivity index is 1.97. The van der Waals surface area contributed by atoms with Crippen molar-refractivity contribution in [1.82, 2.24) is 9.80 Å². The van der Waals surface area contributed by atoms with Crippen LogP contribution in [0.1, 0.15) is 19.4 Å². The van der Waals surface area contributed by atoms with E-state index in [-0.39, 0.29) is 11.8 Å². The predicted molar refractivity (Wildman–Crippen MR) is 86.2 cm³/mol. The van der Waals surface area contributed by atoms with E-state index in [1.165, 1.54) is 4.90 Å². The van der Waals surface area contributed by atoms with Gasteiger partial charge in [-0.25, -0.2) is 0 Å². The molecule has 0 N–H and O–H groups in total. The van der Waals surface area contributed by atoms with E-state index >= 15 is 0 Å². The van der Waals surface area contributed by atoms with Crippen LogP contribution in [-0.4, -0.2) is 40.7 Å². The van der Waals surface area contributed by atoms with Crippen LogP contribution in [0, 0.1) is 0 Å². The van der Waals surface area contributed by atoms with Gasteiger partial charge in [-0.15, -0.1) is 0 Å². The van der Waals surface area contributed by atoms with E-state index in [0.717, 1.165) is 16.3 Å². The second kappa shape index (κ2) is 5.44. The zero-order valence-electron chi connectivity index (χ0n) is 13.1. The van der Waals surface area contributed by atoms with Crippen LogP contribution < -0.4 is 0 Å². The molecule has 0 aliphatic carbocycles. The van der Waals surface area contributed by atoms with Crippen molar-refractivity contribution in [3.63, 3.8) is 0 Å². The molecule has 1 heterocycles. The van der Waals surface area contributed by atoms with Gasteiger partial charge >= 0.3 is 0 Å². The van der Waals surface area contributed by atoms with Gasteiger partial charge in [0.25, 0.3) is 0 Å². The average Bonchev–Trinajstić information content (AvgIpc) is 2.55. The molecule has 1 aliphatic rings. The molecule has 2 aromatic carbocycles. The highest BCUT2D eigenvalue weighted by atomic mass is 16.2. The molecule has 0 aromatic heterocycles. The number of carbonyl (C=O) groups is 2. The topological polar surface area (TPSA) is 40.6 Å². The lowest BCUT2D eigenvalue weighted by Gasteiger charge is -2.41. The molecule has 2 amide bonds. The fourth-order valence-corrected chi connectivity index (χ4v) is 3.04. The molecule has 0 unspecified atom stereocenters. The van der Waals surface area contributed by atoms with Crippen molar-refractivity contribution in [3.8, 4) is 0 Å². The summed E-state index contributed by atoms with van der Waals surface area (Å²) in [5, 5.41) is 2.28. The largest absolute Gasteiger partial charge is 0.332 e. The summed E-state index contributed by atoms with van der Waals surface area (Å²) in [6, 6.07) is 13.4. The maximum Gasteiger partial charge on any atom is 0.246 e. The van der Waals surface area contributed by atoms with Crippen molar-refractivity contribution >= 4 is 22.6 Å². The summed E-state index contributed by atoms with van der Waals surface area (Å²) in [5.41, 5.74) is 1.07. The summed E-state index contributed by atoms with van der Waals surface area (Å²) in [6.45, 7) is 4.04. The van der Waals surface area contributed by atoms with Crippen LogP contribution >= 0.6 is 0 Å². The van der Waals surface area contributed by atoms with Crippen LogP contribution in [0.25, 0.3) is 10.8 Å². The number of hydrogen-bond donors (Lipinski definition) is 0. The van der Waals surface area contributed by atoms with Crippen molar-refractivity contribution in [2.75, 3.05) is 7.05 Å². The van der Waals surface area contributed by atoms with Gasteiger partial charge in [-0.05, 0) is 30.2 Å². The summed E-state index contributed by atoms with van der Waals surface area (Å²) < 4.78 is 0. The number of hydrogen-bond acceptors (Lipinski definition) is 2. The van der Waals surface area contributed by atoms with E-state index in [0.29, 0.717) is 6.54 Å². The van der Waals surface area contributed by atoms with E-state index in [4.69, 9.17) is 0 Å². The Bertz CT molecular complexity index is 735. The summed E-state index contributed by atoms with van der Waals surface area (Å²) in [7, 11) is 1.69. The Morgan fingerprint density at radius 1 is 0.909 bits per heavy atom. The predicted octanol–water partition coefficient (Wildman–Crippen LogP) is 2.42. The number of amides is 2. The van der Waals surface area contributed by atoms with Gasteiger partial charge in [0.2, 0.25) is 11.8 Å². The molecule has 1 aliphatic heterocycles. The highest BCUT2D eigenvalue weighted by molar-refractivity contribution is 5.96. The lowest BCUT2D eigenvalue weighted by Crippen LogP contribution is -2.61.